The minimum Gasteiger partial charge on any atom is -0.484 e. The molecule has 0 aliphatic heterocycles. The third-order valence-electron chi connectivity index (χ3n) is 3.51. The Bertz CT molecular complexity index is 735. The molecular weight excluding hydrogens is 384 g/mol. The lowest BCUT2D eigenvalue weighted by Gasteiger charge is -2.19. The van der Waals surface area contributed by atoms with Crippen molar-refractivity contribution in [2.24, 2.45) is 0 Å². The van der Waals surface area contributed by atoms with Gasteiger partial charge < -0.3 is 4.74 Å². The lowest BCUT2D eigenvalue weighted by atomic mass is 9.87. The van der Waals surface area contributed by atoms with Crippen LogP contribution in [-0.2, 0) is 10.2 Å². The number of halogens is 1. The van der Waals surface area contributed by atoms with Crippen LogP contribution in [0.5, 0.6) is 5.75 Å². The van der Waals surface area contributed by atoms with Crippen LogP contribution in [0.3, 0.4) is 0 Å². The third kappa shape index (κ3) is 5.90. The van der Waals surface area contributed by atoms with Gasteiger partial charge in [-0.25, -0.2) is 0 Å². The van der Waals surface area contributed by atoms with Crippen LogP contribution in [-0.4, -0.2) is 18.4 Å². The second-order valence-electron chi connectivity index (χ2n) is 6.57. The molecule has 6 heteroatoms. The maximum Gasteiger partial charge on any atom is 0.276 e. The van der Waals surface area contributed by atoms with E-state index in [0.717, 1.165) is 4.47 Å². The van der Waals surface area contributed by atoms with Gasteiger partial charge in [0, 0.05) is 10.0 Å². The zero-order valence-corrected chi connectivity index (χ0v) is 16.0. The molecule has 0 unspecified atom stereocenters. The molecule has 0 aliphatic rings. The van der Waals surface area contributed by atoms with Crippen molar-refractivity contribution in [3.05, 3.63) is 64.1 Å². The van der Waals surface area contributed by atoms with Gasteiger partial charge >= 0.3 is 0 Å². The fourth-order valence-electron chi connectivity index (χ4n) is 2.04. The van der Waals surface area contributed by atoms with E-state index in [4.69, 9.17) is 4.74 Å². The summed E-state index contributed by atoms with van der Waals surface area (Å²) in [6.45, 7) is 6.20. The molecule has 2 rings (SSSR count). The van der Waals surface area contributed by atoms with Gasteiger partial charge in [-0.15, -0.1) is 0 Å². The molecule has 2 aromatic carbocycles. The topological polar surface area (TPSA) is 67.4 Å². The number of rotatable bonds is 4. The van der Waals surface area contributed by atoms with Crippen molar-refractivity contribution >= 4 is 27.7 Å². The monoisotopic (exact) mass is 404 g/mol. The third-order valence-corrected chi connectivity index (χ3v) is 4.04. The van der Waals surface area contributed by atoms with Crippen molar-refractivity contribution in [2.45, 2.75) is 26.2 Å². The largest absolute Gasteiger partial charge is 0.484 e. The number of nitrogens with one attached hydrogen (secondary N) is 2. The predicted octanol–water partition coefficient (Wildman–Crippen LogP) is 3.59. The lowest BCUT2D eigenvalue weighted by Crippen LogP contribution is -2.43. The zero-order chi connectivity index (χ0) is 18.4. The van der Waals surface area contributed by atoms with Gasteiger partial charge in [-0.3, -0.25) is 20.4 Å². The lowest BCUT2D eigenvalue weighted by molar-refractivity contribution is -0.123. The predicted molar refractivity (Wildman–Crippen MR) is 100 cm³/mol. The van der Waals surface area contributed by atoms with Crippen molar-refractivity contribution < 1.29 is 14.3 Å². The van der Waals surface area contributed by atoms with Crippen LogP contribution in [0.1, 0.15) is 36.7 Å². The molecule has 0 aromatic heterocycles. The SMILES string of the molecule is CC(C)(C)c1ccc(OCC(=O)NNC(=O)c2ccc(Br)cc2)cc1. The van der Waals surface area contributed by atoms with Crippen LogP contribution in [0, 0.1) is 0 Å². The smallest absolute Gasteiger partial charge is 0.276 e. The van der Waals surface area contributed by atoms with E-state index < -0.39 is 11.8 Å². The first-order valence-corrected chi connectivity index (χ1v) is 8.63. The van der Waals surface area contributed by atoms with Gasteiger partial charge in [-0.1, -0.05) is 48.8 Å². The van der Waals surface area contributed by atoms with E-state index >= 15 is 0 Å². The quantitative estimate of drug-likeness (QED) is 0.765. The Morgan fingerprint density at radius 1 is 0.960 bits per heavy atom. The summed E-state index contributed by atoms with van der Waals surface area (Å²) in [6, 6.07) is 14.4. The van der Waals surface area contributed by atoms with E-state index in [0.29, 0.717) is 11.3 Å². The number of amides is 2. The summed E-state index contributed by atoms with van der Waals surface area (Å²) in [7, 11) is 0. The molecule has 0 saturated carbocycles. The molecule has 0 atom stereocenters. The zero-order valence-electron chi connectivity index (χ0n) is 14.4. The maximum atomic E-state index is 11.9. The minimum absolute atomic E-state index is 0.0627. The van der Waals surface area contributed by atoms with Gasteiger partial charge in [0.05, 0.1) is 0 Å². The molecular formula is C19H21BrN2O3. The van der Waals surface area contributed by atoms with Crippen molar-refractivity contribution in [3.63, 3.8) is 0 Å². The van der Waals surface area contributed by atoms with Gasteiger partial charge in [0.15, 0.2) is 6.61 Å². The molecule has 132 valence electrons. The number of hydrogen-bond acceptors (Lipinski definition) is 3. The minimum atomic E-state index is -0.439. The van der Waals surface area contributed by atoms with Crippen molar-refractivity contribution in [1.29, 1.82) is 0 Å². The standard InChI is InChI=1S/C19H21BrN2O3/c1-19(2,3)14-6-10-16(11-7-14)25-12-17(23)21-22-18(24)13-4-8-15(20)9-5-13/h4-11H,12H2,1-3H3,(H,21,23)(H,22,24). The normalized spacial score (nSPS) is 10.9. The first-order valence-electron chi connectivity index (χ1n) is 7.84. The van der Waals surface area contributed by atoms with Crippen molar-refractivity contribution in [3.8, 4) is 5.75 Å². The van der Waals surface area contributed by atoms with E-state index in [2.05, 4.69) is 47.6 Å². The van der Waals surface area contributed by atoms with Crippen LogP contribution in [0.25, 0.3) is 0 Å². The first kappa shape index (κ1) is 19.0. The molecule has 5 nitrogen and oxygen atoms in total. The Hall–Kier alpha value is -2.34. The Kier molecular flexibility index (Phi) is 6.20. The van der Waals surface area contributed by atoms with Gasteiger partial charge in [-0.2, -0.15) is 0 Å². The molecule has 0 aliphatic carbocycles. The second kappa shape index (κ2) is 8.16. The van der Waals surface area contributed by atoms with E-state index in [-0.39, 0.29) is 12.0 Å². The number of carbonyl (C=O) groups excluding carboxylic acids is 2. The van der Waals surface area contributed by atoms with Gasteiger partial charge in [0.1, 0.15) is 5.75 Å². The number of hydrazine groups is 1. The van der Waals surface area contributed by atoms with Crippen LogP contribution >= 0.6 is 15.9 Å². The summed E-state index contributed by atoms with van der Waals surface area (Å²) < 4.78 is 6.29. The summed E-state index contributed by atoms with van der Waals surface area (Å²) in [5.41, 5.74) is 6.37. The molecule has 0 spiro atoms. The number of hydrogen-bond donors (Lipinski definition) is 2. The first-order chi connectivity index (χ1) is 11.8. The molecule has 0 saturated heterocycles. The molecule has 2 N–H and O–H groups in total. The van der Waals surface area contributed by atoms with Gasteiger partial charge in [-0.05, 0) is 47.4 Å². The van der Waals surface area contributed by atoms with E-state index in [9.17, 15) is 9.59 Å². The van der Waals surface area contributed by atoms with Crippen LogP contribution in [0.4, 0.5) is 0 Å². The Morgan fingerprint density at radius 3 is 2.12 bits per heavy atom. The molecule has 25 heavy (non-hydrogen) atoms. The van der Waals surface area contributed by atoms with Gasteiger partial charge in [0.2, 0.25) is 0 Å². The Labute approximate surface area is 155 Å². The fourth-order valence-corrected chi connectivity index (χ4v) is 2.30. The number of ether oxygens (including phenoxy) is 1. The van der Waals surface area contributed by atoms with Crippen LogP contribution in [0.15, 0.2) is 53.0 Å². The number of benzene rings is 2. The maximum absolute atomic E-state index is 11.9. The fraction of sp³-hybridized carbons (Fsp3) is 0.263. The molecule has 0 fully saturated rings. The van der Waals surface area contributed by atoms with E-state index in [1.165, 1.54) is 5.56 Å². The highest BCUT2D eigenvalue weighted by molar-refractivity contribution is 9.10. The summed E-state index contributed by atoms with van der Waals surface area (Å²) in [4.78, 5) is 23.7. The molecule has 0 bridgehead atoms. The molecule has 0 heterocycles. The van der Waals surface area contributed by atoms with Gasteiger partial charge in [0.25, 0.3) is 11.8 Å². The number of carbonyl (C=O) groups is 2. The second-order valence-corrected chi connectivity index (χ2v) is 7.49. The highest BCUT2D eigenvalue weighted by atomic mass is 79.9. The summed E-state index contributed by atoms with van der Waals surface area (Å²) >= 11 is 3.30. The van der Waals surface area contributed by atoms with Crippen molar-refractivity contribution in [1.82, 2.24) is 10.9 Å². The summed E-state index contributed by atoms with van der Waals surface area (Å²) in [5, 5.41) is 0. The van der Waals surface area contributed by atoms with E-state index in [1.807, 2.05) is 24.3 Å². The summed E-state index contributed by atoms with van der Waals surface area (Å²) in [6.07, 6.45) is 0. The van der Waals surface area contributed by atoms with Crippen molar-refractivity contribution in [2.75, 3.05) is 6.61 Å². The average molecular weight is 405 g/mol. The Morgan fingerprint density at radius 2 is 1.56 bits per heavy atom. The van der Waals surface area contributed by atoms with Crippen LogP contribution < -0.4 is 15.6 Å². The summed E-state index contributed by atoms with van der Waals surface area (Å²) in [5.74, 6) is -0.233. The van der Waals surface area contributed by atoms with Crippen LogP contribution in [0.2, 0.25) is 0 Å². The highest BCUT2D eigenvalue weighted by Gasteiger charge is 2.13. The molecule has 2 amide bonds. The van der Waals surface area contributed by atoms with E-state index in [1.54, 1.807) is 24.3 Å². The molecule has 2 aromatic rings. The Balaban J connectivity index is 1.79. The highest BCUT2D eigenvalue weighted by Crippen LogP contribution is 2.24. The average Bonchev–Trinajstić information content (AvgIpc) is 2.58. The molecule has 0 radical (unpaired) electrons.